The van der Waals surface area contributed by atoms with Crippen molar-refractivity contribution in [3.8, 4) is 0 Å². The molecule has 3 aromatic rings. The van der Waals surface area contributed by atoms with E-state index in [2.05, 4.69) is 14.5 Å². The predicted octanol–water partition coefficient (Wildman–Crippen LogP) is -1.14. The molecule has 7 nitrogen and oxygen atoms in total. The van der Waals surface area contributed by atoms with Gasteiger partial charge in [0.2, 0.25) is 0 Å². The molecule has 0 amide bonds. The molecule has 1 aromatic carbocycles. The molecule has 4 rings (SSSR count). The van der Waals surface area contributed by atoms with E-state index in [1.807, 2.05) is 11.1 Å². The second-order valence-electron chi connectivity index (χ2n) is 4.91. The van der Waals surface area contributed by atoms with Crippen LogP contribution in [0, 0.1) is 0 Å². The summed E-state index contributed by atoms with van der Waals surface area (Å²) in [5.74, 6) is -0.0587. The van der Waals surface area contributed by atoms with Gasteiger partial charge in [-0.25, -0.2) is 9.78 Å². The number of fused-ring (bicyclic) bond motifs is 2. The minimum atomic E-state index is -1.00. The smallest absolute Gasteiger partial charge is 1.00 e. The van der Waals surface area contributed by atoms with Gasteiger partial charge in [-0.15, -0.1) is 0 Å². The van der Waals surface area contributed by atoms with E-state index in [0.717, 1.165) is 18.9 Å². The number of aromatic nitrogens is 3. The molecule has 108 valence electrons. The summed E-state index contributed by atoms with van der Waals surface area (Å²) in [4.78, 5) is 21.8. The summed E-state index contributed by atoms with van der Waals surface area (Å²) in [6, 6.07) is 5.35. The Hall–Kier alpha value is -2.23. The van der Waals surface area contributed by atoms with E-state index in [0.29, 0.717) is 23.7 Å². The van der Waals surface area contributed by atoms with E-state index in [-0.39, 0.29) is 25.9 Å². The predicted molar refractivity (Wildman–Crippen MR) is 75.4 cm³/mol. The van der Waals surface area contributed by atoms with Crippen LogP contribution in [0.15, 0.2) is 35.0 Å². The third-order valence-electron chi connectivity index (χ3n) is 3.65. The van der Waals surface area contributed by atoms with Crippen LogP contribution < -0.4 is 23.8 Å². The number of rotatable bonds is 2. The molecule has 1 aliphatic rings. The quantitative estimate of drug-likeness (QED) is 0.601. The molecular weight excluding hydrogens is 279 g/mol. The molecule has 0 saturated heterocycles. The van der Waals surface area contributed by atoms with E-state index in [9.17, 15) is 9.90 Å². The Balaban J connectivity index is 0.000000960. The van der Waals surface area contributed by atoms with Crippen molar-refractivity contribution < 1.29 is 34.6 Å². The summed E-state index contributed by atoms with van der Waals surface area (Å²) >= 11 is 0. The van der Waals surface area contributed by atoms with Crippen LogP contribution in [0.2, 0.25) is 0 Å². The first-order chi connectivity index (χ1) is 10.2. The number of hydrogen-bond acceptors (Lipinski definition) is 5. The monoisotopic (exact) mass is 292 g/mol. The van der Waals surface area contributed by atoms with Gasteiger partial charge in [-0.1, -0.05) is 6.07 Å². The van der Waals surface area contributed by atoms with Gasteiger partial charge >= 0.3 is 24.8 Å². The van der Waals surface area contributed by atoms with E-state index in [1.54, 1.807) is 18.3 Å². The van der Waals surface area contributed by atoms with Crippen LogP contribution >= 0.6 is 0 Å². The van der Waals surface area contributed by atoms with Crippen LogP contribution in [-0.2, 0) is 13.1 Å². The van der Waals surface area contributed by atoms with Gasteiger partial charge in [0.25, 0.3) is 6.01 Å². The molecule has 1 N–H and O–H groups in total. The molecule has 22 heavy (non-hydrogen) atoms. The Morgan fingerprint density at radius 1 is 1.36 bits per heavy atom. The zero-order chi connectivity index (χ0) is 14.4. The van der Waals surface area contributed by atoms with Gasteiger partial charge < -0.3 is 20.4 Å². The van der Waals surface area contributed by atoms with Crippen LogP contribution in [0.25, 0.3) is 11.1 Å². The van der Waals surface area contributed by atoms with Gasteiger partial charge in [0.1, 0.15) is 11.3 Å². The maximum Gasteiger partial charge on any atom is 1.00 e. The molecule has 1 aliphatic heterocycles. The van der Waals surface area contributed by atoms with Crippen molar-refractivity contribution in [1.29, 1.82) is 0 Å². The third-order valence-corrected chi connectivity index (χ3v) is 3.65. The molecule has 0 fully saturated rings. The summed E-state index contributed by atoms with van der Waals surface area (Å²) < 4.78 is 7.79. The van der Waals surface area contributed by atoms with Crippen molar-refractivity contribution in [1.82, 2.24) is 14.5 Å². The standard InChI is InChI=1S/C14H12N4O3.Li.H/c19-13(20)9-2-1-3-10-12(9)16-14(21-10)18-7-6-17-5-4-15-11(17)8-18;;/h1-5H,6-8H2,(H,19,20);;/q;+1;-1. The molecular formula is C14H13LiN4O3. The number of carboxylic acid groups (broad SMARTS) is 1. The molecule has 0 unspecified atom stereocenters. The van der Waals surface area contributed by atoms with Gasteiger partial charge in [0.05, 0.1) is 12.1 Å². The molecule has 8 heteroatoms. The van der Waals surface area contributed by atoms with Gasteiger partial charge in [0.15, 0.2) is 5.58 Å². The minimum Gasteiger partial charge on any atom is -1.00 e. The van der Waals surface area contributed by atoms with E-state index in [1.165, 1.54) is 6.07 Å². The third kappa shape index (κ3) is 2.28. The number of benzene rings is 1. The van der Waals surface area contributed by atoms with Crippen LogP contribution in [0.5, 0.6) is 0 Å². The average Bonchev–Trinajstić information content (AvgIpc) is 3.11. The van der Waals surface area contributed by atoms with Crippen molar-refractivity contribution in [2.45, 2.75) is 13.1 Å². The number of hydrogen-bond donors (Lipinski definition) is 1. The maximum atomic E-state index is 11.2. The van der Waals surface area contributed by atoms with Crippen LogP contribution in [0.1, 0.15) is 17.6 Å². The maximum absolute atomic E-state index is 11.2. The second-order valence-corrected chi connectivity index (χ2v) is 4.91. The minimum absolute atomic E-state index is 0. The number of imidazole rings is 1. The fraction of sp³-hybridized carbons (Fsp3) is 0.214. The summed E-state index contributed by atoms with van der Waals surface area (Å²) in [6.45, 7) is 2.15. The summed E-state index contributed by atoms with van der Waals surface area (Å²) in [5, 5.41) is 9.20. The number of nitrogens with zero attached hydrogens (tertiary/aromatic N) is 4. The second kappa shape index (κ2) is 5.52. The molecule has 0 bridgehead atoms. The Labute approximate surface area is 139 Å². The Morgan fingerprint density at radius 2 is 2.23 bits per heavy atom. The number of carbonyl (C=O) groups is 1. The molecule has 2 aromatic heterocycles. The van der Waals surface area contributed by atoms with Crippen LogP contribution in [0.4, 0.5) is 6.01 Å². The molecule has 0 spiro atoms. The van der Waals surface area contributed by atoms with Crippen LogP contribution in [-0.4, -0.2) is 32.2 Å². The zero-order valence-electron chi connectivity index (χ0n) is 13.1. The number of carboxylic acids is 1. The molecule has 3 heterocycles. The summed E-state index contributed by atoms with van der Waals surface area (Å²) in [6.07, 6.45) is 3.72. The molecule has 0 aliphatic carbocycles. The Bertz CT molecular complexity index is 848. The summed E-state index contributed by atoms with van der Waals surface area (Å²) in [5.41, 5.74) is 1.02. The van der Waals surface area contributed by atoms with E-state index in [4.69, 9.17) is 4.42 Å². The number of anilines is 1. The van der Waals surface area contributed by atoms with Crippen molar-refractivity contribution in [2.24, 2.45) is 0 Å². The van der Waals surface area contributed by atoms with Crippen molar-refractivity contribution >= 4 is 23.1 Å². The normalized spacial score (nSPS) is 13.7. The van der Waals surface area contributed by atoms with Crippen LogP contribution in [0.3, 0.4) is 0 Å². The number of para-hydroxylation sites is 1. The van der Waals surface area contributed by atoms with Gasteiger partial charge in [-0.2, -0.15) is 4.98 Å². The molecule has 0 atom stereocenters. The Kier molecular flexibility index (Phi) is 3.69. The first-order valence-corrected chi connectivity index (χ1v) is 6.60. The summed E-state index contributed by atoms with van der Waals surface area (Å²) in [7, 11) is 0. The SMILES string of the molecule is O=C(O)c1cccc2oc(N3CCn4ccnc4C3)nc12.[H-].[Li+]. The zero-order valence-corrected chi connectivity index (χ0v) is 12.1. The van der Waals surface area contributed by atoms with E-state index < -0.39 is 5.97 Å². The Morgan fingerprint density at radius 3 is 3.05 bits per heavy atom. The number of aromatic carboxylic acids is 1. The van der Waals surface area contributed by atoms with Crippen molar-refractivity contribution in [2.75, 3.05) is 11.4 Å². The van der Waals surface area contributed by atoms with Crippen molar-refractivity contribution in [3.05, 3.63) is 42.0 Å². The van der Waals surface area contributed by atoms with Gasteiger partial charge in [-0.3, -0.25) is 0 Å². The first-order valence-electron chi connectivity index (χ1n) is 6.60. The van der Waals surface area contributed by atoms with Gasteiger partial charge in [0, 0.05) is 25.5 Å². The first kappa shape index (κ1) is 14.7. The van der Waals surface area contributed by atoms with E-state index >= 15 is 0 Å². The molecule has 0 radical (unpaired) electrons. The average molecular weight is 292 g/mol. The van der Waals surface area contributed by atoms with Gasteiger partial charge in [-0.05, 0) is 12.1 Å². The number of oxazole rings is 1. The topological polar surface area (TPSA) is 84.4 Å². The molecule has 0 saturated carbocycles. The van der Waals surface area contributed by atoms with Crippen molar-refractivity contribution in [3.63, 3.8) is 0 Å². The fourth-order valence-electron chi connectivity index (χ4n) is 2.58. The fourth-order valence-corrected chi connectivity index (χ4v) is 2.58. The largest absolute Gasteiger partial charge is 1.00 e.